The van der Waals surface area contributed by atoms with Crippen molar-refractivity contribution in [2.45, 2.75) is 33.1 Å². The first-order chi connectivity index (χ1) is 4.79. The topological polar surface area (TPSA) is 26.0 Å². The lowest BCUT2D eigenvalue weighted by Gasteiger charge is -2.05. The molecule has 3 atom stereocenters. The van der Waals surface area contributed by atoms with Crippen LogP contribution in [0.1, 0.15) is 33.1 Å². The molecule has 0 heterocycles. The van der Waals surface area contributed by atoms with Gasteiger partial charge in [-0.1, -0.05) is 20.3 Å². The average molecular weight is 141 g/mol. The van der Waals surface area contributed by atoms with Crippen LogP contribution >= 0.6 is 0 Å². The maximum absolute atomic E-state index is 5.47. The van der Waals surface area contributed by atoms with Gasteiger partial charge in [0.15, 0.2) is 0 Å². The maximum Gasteiger partial charge on any atom is -0.00745 e. The van der Waals surface area contributed by atoms with E-state index in [2.05, 4.69) is 13.8 Å². The molecule has 0 aromatic rings. The molecule has 3 unspecified atom stereocenters. The summed E-state index contributed by atoms with van der Waals surface area (Å²) in [5.74, 6) is 2.95. The summed E-state index contributed by atoms with van der Waals surface area (Å²) < 4.78 is 0. The Labute approximate surface area is 64.0 Å². The van der Waals surface area contributed by atoms with Gasteiger partial charge in [-0.05, 0) is 37.1 Å². The van der Waals surface area contributed by atoms with E-state index in [1.165, 1.54) is 19.3 Å². The number of hydrogen-bond acceptors (Lipinski definition) is 1. The quantitative estimate of drug-likeness (QED) is 0.637. The van der Waals surface area contributed by atoms with Crippen LogP contribution in [-0.4, -0.2) is 6.54 Å². The second-order valence-electron chi connectivity index (χ2n) is 3.62. The largest absolute Gasteiger partial charge is 0.330 e. The minimum Gasteiger partial charge on any atom is -0.330 e. The van der Waals surface area contributed by atoms with Gasteiger partial charge in [0.1, 0.15) is 0 Å². The van der Waals surface area contributed by atoms with Gasteiger partial charge in [0.2, 0.25) is 0 Å². The van der Waals surface area contributed by atoms with E-state index in [0.29, 0.717) is 0 Å². The van der Waals surface area contributed by atoms with E-state index in [1.807, 2.05) is 0 Å². The molecule has 1 rings (SSSR count). The Morgan fingerprint density at radius 3 is 2.80 bits per heavy atom. The summed E-state index contributed by atoms with van der Waals surface area (Å²) in [6.45, 7) is 5.53. The SMILES string of the molecule is CCC(C)C1CC1CCN. The Hall–Kier alpha value is -0.0400. The van der Waals surface area contributed by atoms with Crippen LogP contribution in [-0.2, 0) is 0 Å². The number of hydrogen-bond donors (Lipinski definition) is 1. The molecular formula is C9H19N. The molecule has 0 spiro atoms. The first-order valence-corrected chi connectivity index (χ1v) is 4.49. The first kappa shape index (κ1) is 8.06. The summed E-state index contributed by atoms with van der Waals surface area (Å²) in [7, 11) is 0. The summed E-state index contributed by atoms with van der Waals surface area (Å²) in [4.78, 5) is 0. The van der Waals surface area contributed by atoms with E-state index >= 15 is 0 Å². The molecule has 10 heavy (non-hydrogen) atoms. The zero-order valence-electron chi connectivity index (χ0n) is 7.14. The summed E-state index contributed by atoms with van der Waals surface area (Å²) in [5.41, 5.74) is 5.47. The van der Waals surface area contributed by atoms with Gasteiger partial charge in [0.25, 0.3) is 0 Å². The van der Waals surface area contributed by atoms with Crippen LogP contribution in [0.5, 0.6) is 0 Å². The molecule has 0 saturated heterocycles. The van der Waals surface area contributed by atoms with E-state index in [9.17, 15) is 0 Å². The van der Waals surface area contributed by atoms with Gasteiger partial charge < -0.3 is 5.73 Å². The molecular weight excluding hydrogens is 122 g/mol. The standard InChI is InChI=1S/C9H19N/c1-3-7(2)9-6-8(9)4-5-10/h7-9H,3-6,10H2,1-2H3. The lowest BCUT2D eigenvalue weighted by molar-refractivity contribution is 0.453. The van der Waals surface area contributed by atoms with E-state index < -0.39 is 0 Å². The molecule has 0 amide bonds. The lowest BCUT2D eigenvalue weighted by atomic mass is 10.0. The van der Waals surface area contributed by atoms with Gasteiger partial charge in [-0.25, -0.2) is 0 Å². The summed E-state index contributed by atoms with van der Waals surface area (Å²) in [5, 5.41) is 0. The van der Waals surface area contributed by atoms with Gasteiger partial charge in [-0.3, -0.25) is 0 Å². The summed E-state index contributed by atoms with van der Waals surface area (Å²) in [6, 6.07) is 0. The minimum atomic E-state index is 0.887. The smallest absolute Gasteiger partial charge is 0.00745 e. The Morgan fingerprint density at radius 2 is 2.30 bits per heavy atom. The third-order valence-corrected chi connectivity index (χ3v) is 2.89. The van der Waals surface area contributed by atoms with Crippen LogP contribution < -0.4 is 5.73 Å². The van der Waals surface area contributed by atoms with Crippen LogP contribution in [0.15, 0.2) is 0 Å². The molecule has 1 aliphatic rings. The van der Waals surface area contributed by atoms with Crippen LogP contribution in [0.4, 0.5) is 0 Å². The van der Waals surface area contributed by atoms with Crippen molar-refractivity contribution in [3.63, 3.8) is 0 Å². The molecule has 1 saturated carbocycles. The van der Waals surface area contributed by atoms with Crippen molar-refractivity contribution in [3.05, 3.63) is 0 Å². The third kappa shape index (κ3) is 1.72. The van der Waals surface area contributed by atoms with Crippen LogP contribution in [0.3, 0.4) is 0 Å². The highest BCUT2D eigenvalue weighted by molar-refractivity contribution is 4.89. The number of nitrogens with two attached hydrogens (primary N) is 1. The second kappa shape index (κ2) is 3.38. The second-order valence-corrected chi connectivity index (χ2v) is 3.62. The van der Waals surface area contributed by atoms with Crippen LogP contribution in [0.25, 0.3) is 0 Å². The van der Waals surface area contributed by atoms with Crippen LogP contribution in [0, 0.1) is 17.8 Å². The van der Waals surface area contributed by atoms with Crippen molar-refractivity contribution in [2.75, 3.05) is 6.54 Å². The van der Waals surface area contributed by atoms with Crippen molar-refractivity contribution < 1.29 is 0 Å². The molecule has 0 aliphatic heterocycles. The normalized spacial score (nSPS) is 33.9. The predicted octanol–water partition coefficient (Wildman–Crippen LogP) is 2.02. The molecule has 1 nitrogen and oxygen atoms in total. The maximum atomic E-state index is 5.47. The van der Waals surface area contributed by atoms with E-state index in [-0.39, 0.29) is 0 Å². The summed E-state index contributed by atoms with van der Waals surface area (Å²) in [6.07, 6.45) is 4.05. The summed E-state index contributed by atoms with van der Waals surface area (Å²) >= 11 is 0. The molecule has 60 valence electrons. The molecule has 2 N–H and O–H groups in total. The van der Waals surface area contributed by atoms with Gasteiger partial charge in [-0.15, -0.1) is 0 Å². The van der Waals surface area contributed by atoms with E-state index in [1.54, 1.807) is 0 Å². The van der Waals surface area contributed by atoms with Crippen molar-refractivity contribution in [1.29, 1.82) is 0 Å². The highest BCUT2D eigenvalue weighted by atomic mass is 14.6. The van der Waals surface area contributed by atoms with Crippen molar-refractivity contribution >= 4 is 0 Å². The fraction of sp³-hybridized carbons (Fsp3) is 1.00. The monoisotopic (exact) mass is 141 g/mol. The van der Waals surface area contributed by atoms with Crippen molar-refractivity contribution in [1.82, 2.24) is 0 Å². The van der Waals surface area contributed by atoms with Gasteiger partial charge in [0, 0.05) is 0 Å². The molecule has 1 aliphatic carbocycles. The average Bonchev–Trinajstić information content (AvgIpc) is 2.67. The Balaban J connectivity index is 2.12. The molecule has 0 bridgehead atoms. The van der Waals surface area contributed by atoms with Crippen LogP contribution in [0.2, 0.25) is 0 Å². The molecule has 1 heteroatoms. The molecule has 0 radical (unpaired) electrons. The molecule has 1 fully saturated rings. The fourth-order valence-electron chi connectivity index (χ4n) is 1.82. The Bertz CT molecular complexity index is 101. The van der Waals surface area contributed by atoms with E-state index in [0.717, 1.165) is 24.3 Å². The predicted molar refractivity (Wildman–Crippen MR) is 44.7 cm³/mol. The fourth-order valence-corrected chi connectivity index (χ4v) is 1.82. The lowest BCUT2D eigenvalue weighted by Crippen LogP contribution is -2.03. The van der Waals surface area contributed by atoms with Crippen molar-refractivity contribution in [3.8, 4) is 0 Å². The number of rotatable bonds is 4. The zero-order chi connectivity index (χ0) is 7.56. The highest BCUT2D eigenvalue weighted by Crippen LogP contribution is 2.47. The first-order valence-electron chi connectivity index (χ1n) is 4.49. The van der Waals surface area contributed by atoms with Crippen molar-refractivity contribution in [2.24, 2.45) is 23.5 Å². The molecule has 0 aromatic heterocycles. The highest BCUT2D eigenvalue weighted by Gasteiger charge is 2.38. The minimum absolute atomic E-state index is 0.887. The van der Waals surface area contributed by atoms with Gasteiger partial charge in [-0.2, -0.15) is 0 Å². The van der Waals surface area contributed by atoms with Gasteiger partial charge in [0.05, 0.1) is 0 Å². The zero-order valence-corrected chi connectivity index (χ0v) is 7.14. The Kier molecular flexibility index (Phi) is 2.72. The third-order valence-electron chi connectivity index (χ3n) is 2.89. The Morgan fingerprint density at radius 1 is 1.60 bits per heavy atom. The van der Waals surface area contributed by atoms with Gasteiger partial charge >= 0.3 is 0 Å². The molecule has 0 aromatic carbocycles. The van der Waals surface area contributed by atoms with E-state index in [4.69, 9.17) is 5.73 Å².